The van der Waals surface area contributed by atoms with E-state index in [2.05, 4.69) is 22.2 Å². The largest absolute Gasteiger partial charge is 0.354 e. The molecule has 6 heteroatoms. The molecule has 1 aliphatic rings. The maximum Gasteiger partial charge on any atom is 0.256 e. The highest BCUT2D eigenvalue weighted by Crippen LogP contribution is 2.25. The fourth-order valence-electron chi connectivity index (χ4n) is 3.42. The van der Waals surface area contributed by atoms with Crippen molar-refractivity contribution in [2.45, 2.75) is 6.92 Å². The van der Waals surface area contributed by atoms with Crippen LogP contribution in [0.15, 0.2) is 48.5 Å². The Morgan fingerprint density at radius 3 is 2.57 bits per heavy atom. The highest BCUT2D eigenvalue weighted by Gasteiger charge is 2.19. The third-order valence-corrected chi connectivity index (χ3v) is 5.20. The molecule has 2 aromatic carbocycles. The maximum absolute atomic E-state index is 13.9. The first-order valence-electron chi connectivity index (χ1n) is 9.42. The summed E-state index contributed by atoms with van der Waals surface area (Å²) < 4.78 is 13.9. The Hall–Kier alpha value is -2.99. The summed E-state index contributed by atoms with van der Waals surface area (Å²) in [6, 6.07) is 14.2. The summed E-state index contributed by atoms with van der Waals surface area (Å²) in [6.45, 7) is 5.34. The van der Waals surface area contributed by atoms with Crippen LogP contribution in [0.3, 0.4) is 0 Å². The number of carbonyl (C=O) groups is 1. The van der Waals surface area contributed by atoms with Gasteiger partial charge in [0.25, 0.3) is 5.91 Å². The number of benzene rings is 2. The van der Waals surface area contributed by atoms with Crippen molar-refractivity contribution in [3.63, 3.8) is 0 Å². The molecular weight excluding hydrogens is 355 g/mol. The zero-order valence-electron chi connectivity index (χ0n) is 16.1. The molecule has 1 amide bonds. The van der Waals surface area contributed by atoms with Gasteiger partial charge >= 0.3 is 0 Å². The number of pyridine rings is 1. The number of aromatic nitrogens is 1. The number of nitrogens with one attached hydrogen (secondary N) is 1. The predicted octanol–water partition coefficient (Wildman–Crippen LogP) is 3.69. The van der Waals surface area contributed by atoms with Gasteiger partial charge in [0, 0.05) is 37.3 Å². The molecular formula is C22H23FN4O. The molecule has 144 valence electrons. The number of rotatable bonds is 3. The van der Waals surface area contributed by atoms with Gasteiger partial charge in [-0.1, -0.05) is 24.3 Å². The van der Waals surface area contributed by atoms with Crippen molar-refractivity contribution in [1.29, 1.82) is 0 Å². The van der Waals surface area contributed by atoms with Crippen LogP contribution in [-0.2, 0) is 0 Å². The second-order valence-corrected chi connectivity index (χ2v) is 7.25. The molecule has 0 radical (unpaired) electrons. The third-order valence-electron chi connectivity index (χ3n) is 5.20. The van der Waals surface area contributed by atoms with Gasteiger partial charge in [0.2, 0.25) is 0 Å². The summed E-state index contributed by atoms with van der Waals surface area (Å²) in [5.74, 6) is 0.194. The Labute approximate surface area is 163 Å². The number of piperazine rings is 1. The topological polar surface area (TPSA) is 48.5 Å². The normalized spacial score (nSPS) is 15.0. The smallest absolute Gasteiger partial charge is 0.256 e. The molecule has 0 aliphatic carbocycles. The zero-order chi connectivity index (χ0) is 19.7. The number of anilines is 2. The first-order valence-corrected chi connectivity index (χ1v) is 9.42. The van der Waals surface area contributed by atoms with Crippen LogP contribution in [-0.4, -0.2) is 49.0 Å². The molecule has 0 atom stereocenters. The van der Waals surface area contributed by atoms with E-state index >= 15 is 0 Å². The number of fused-ring (bicyclic) bond motifs is 1. The average Bonchev–Trinajstić information content (AvgIpc) is 2.70. The van der Waals surface area contributed by atoms with E-state index in [-0.39, 0.29) is 11.7 Å². The minimum atomic E-state index is -0.337. The van der Waals surface area contributed by atoms with Crippen molar-refractivity contribution in [3.8, 4) is 0 Å². The Morgan fingerprint density at radius 1 is 1.07 bits per heavy atom. The second-order valence-electron chi connectivity index (χ2n) is 7.25. The van der Waals surface area contributed by atoms with E-state index in [1.165, 1.54) is 6.07 Å². The third kappa shape index (κ3) is 3.68. The van der Waals surface area contributed by atoms with Crippen LogP contribution in [0.2, 0.25) is 0 Å². The number of para-hydroxylation sites is 1. The van der Waals surface area contributed by atoms with E-state index in [1.54, 1.807) is 19.1 Å². The van der Waals surface area contributed by atoms with Crippen molar-refractivity contribution in [1.82, 2.24) is 9.88 Å². The average molecular weight is 378 g/mol. The summed E-state index contributed by atoms with van der Waals surface area (Å²) in [6.07, 6.45) is 0. The summed E-state index contributed by atoms with van der Waals surface area (Å²) in [7, 11) is 2.10. The van der Waals surface area contributed by atoms with Gasteiger partial charge in [-0.05, 0) is 43.8 Å². The number of nitrogens with zero attached hydrogens (tertiary/aromatic N) is 3. The molecule has 1 aromatic heterocycles. The lowest BCUT2D eigenvalue weighted by Crippen LogP contribution is -2.44. The maximum atomic E-state index is 13.9. The van der Waals surface area contributed by atoms with Gasteiger partial charge in [0.05, 0.1) is 11.1 Å². The minimum Gasteiger partial charge on any atom is -0.354 e. The number of aryl methyl sites for hydroxylation is 1. The number of amides is 1. The van der Waals surface area contributed by atoms with Gasteiger partial charge in [0.15, 0.2) is 0 Å². The van der Waals surface area contributed by atoms with Crippen LogP contribution < -0.4 is 10.2 Å². The van der Waals surface area contributed by atoms with Gasteiger partial charge < -0.3 is 15.1 Å². The molecule has 1 N–H and O–H groups in total. The fraction of sp³-hybridized carbons (Fsp3) is 0.273. The lowest BCUT2D eigenvalue weighted by molar-refractivity contribution is 0.102. The molecule has 3 aromatic rings. The molecule has 5 nitrogen and oxygen atoms in total. The fourth-order valence-corrected chi connectivity index (χ4v) is 3.42. The molecule has 0 unspecified atom stereocenters. The van der Waals surface area contributed by atoms with Gasteiger partial charge in [-0.3, -0.25) is 4.79 Å². The Balaban J connectivity index is 1.70. The number of likely N-dealkylation sites (N-methyl/N-ethyl adjacent to an activating group) is 1. The van der Waals surface area contributed by atoms with Crippen LogP contribution in [0, 0.1) is 12.7 Å². The van der Waals surface area contributed by atoms with Crippen LogP contribution in [0.25, 0.3) is 10.9 Å². The molecule has 28 heavy (non-hydrogen) atoms. The van der Waals surface area contributed by atoms with Gasteiger partial charge in [-0.2, -0.15) is 0 Å². The number of hydrogen-bond donors (Lipinski definition) is 1. The van der Waals surface area contributed by atoms with Gasteiger partial charge in [-0.15, -0.1) is 0 Å². The Morgan fingerprint density at radius 2 is 1.82 bits per heavy atom. The van der Waals surface area contributed by atoms with Crippen molar-refractivity contribution in [2.24, 2.45) is 0 Å². The summed E-state index contributed by atoms with van der Waals surface area (Å²) in [4.78, 5) is 22.3. The second kappa shape index (κ2) is 7.56. The predicted molar refractivity (Wildman–Crippen MR) is 111 cm³/mol. The van der Waals surface area contributed by atoms with Crippen LogP contribution in [0.4, 0.5) is 15.9 Å². The van der Waals surface area contributed by atoms with Crippen LogP contribution >= 0.6 is 0 Å². The highest BCUT2D eigenvalue weighted by atomic mass is 19.1. The first-order chi connectivity index (χ1) is 13.5. The molecule has 1 fully saturated rings. The molecule has 4 rings (SSSR count). The van der Waals surface area contributed by atoms with Crippen molar-refractivity contribution in [2.75, 3.05) is 43.4 Å². The quantitative estimate of drug-likeness (QED) is 0.755. The molecule has 0 saturated carbocycles. The zero-order valence-corrected chi connectivity index (χ0v) is 16.1. The monoisotopic (exact) mass is 378 g/mol. The SMILES string of the molecule is Cc1ccc(NC(=O)c2cc(N3CCN(C)CC3)nc3ccccc23)cc1F. The number of hydrogen-bond acceptors (Lipinski definition) is 4. The minimum absolute atomic E-state index is 0.266. The number of carbonyl (C=O) groups excluding carboxylic acids is 1. The Bertz CT molecular complexity index is 1030. The molecule has 0 spiro atoms. The molecule has 1 saturated heterocycles. The van der Waals surface area contributed by atoms with Crippen molar-refractivity contribution >= 4 is 28.3 Å². The van der Waals surface area contributed by atoms with Gasteiger partial charge in [-0.25, -0.2) is 9.37 Å². The summed E-state index contributed by atoms with van der Waals surface area (Å²) >= 11 is 0. The molecule has 2 heterocycles. The summed E-state index contributed by atoms with van der Waals surface area (Å²) in [5.41, 5.74) is 2.31. The molecule has 0 bridgehead atoms. The number of halogens is 1. The summed E-state index contributed by atoms with van der Waals surface area (Å²) in [5, 5.41) is 3.60. The van der Waals surface area contributed by atoms with Crippen LogP contribution in [0.1, 0.15) is 15.9 Å². The van der Waals surface area contributed by atoms with Crippen molar-refractivity contribution in [3.05, 3.63) is 65.5 Å². The van der Waals surface area contributed by atoms with Crippen molar-refractivity contribution < 1.29 is 9.18 Å². The van der Waals surface area contributed by atoms with E-state index in [1.807, 2.05) is 30.3 Å². The lowest BCUT2D eigenvalue weighted by atomic mass is 10.1. The Kier molecular flexibility index (Phi) is 4.96. The van der Waals surface area contributed by atoms with E-state index in [0.29, 0.717) is 16.8 Å². The highest BCUT2D eigenvalue weighted by molar-refractivity contribution is 6.13. The lowest BCUT2D eigenvalue weighted by Gasteiger charge is -2.33. The van der Waals surface area contributed by atoms with E-state index in [0.717, 1.165) is 42.9 Å². The van der Waals surface area contributed by atoms with E-state index in [9.17, 15) is 9.18 Å². The van der Waals surface area contributed by atoms with E-state index < -0.39 is 0 Å². The molecule has 1 aliphatic heterocycles. The van der Waals surface area contributed by atoms with Gasteiger partial charge in [0.1, 0.15) is 11.6 Å². The van der Waals surface area contributed by atoms with Crippen LogP contribution in [0.5, 0.6) is 0 Å². The first kappa shape index (κ1) is 18.4. The van der Waals surface area contributed by atoms with E-state index in [4.69, 9.17) is 4.98 Å². The standard InChI is InChI=1S/C22H23FN4O/c1-15-7-8-16(13-19(15)23)24-22(28)18-14-21(27-11-9-26(2)10-12-27)25-20-6-4-3-5-17(18)20/h3-8,13-14H,9-12H2,1-2H3,(H,24,28).